The molecule has 206 valence electrons. The van der Waals surface area contributed by atoms with Crippen molar-refractivity contribution >= 4 is 29.0 Å². The molecule has 1 aromatic rings. The van der Waals surface area contributed by atoms with E-state index in [1.165, 1.54) is 11.3 Å². The van der Waals surface area contributed by atoms with Gasteiger partial charge in [-0.05, 0) is 56.2 Å². The van der Waals surface area contributed by atoms with Crippen LogP contribution in [0, 0.1) is 18.8 Å². The molecule has 2 fully saturated rings. The number of aryl methyl sites for hydroxylation is 1. The first-order valence-corrected chi connectivity index (χ1v) is 14.9. The van der Waals surface area contributed by atoms with E-state index in [2.05, 4.69) is 30.9 Å². The number of carbonyl (C=O) groups is 2. The van der Waals surface area contributed by atoms with Crippen molar-refractivity contribution in [2.24, 2.45) is 11.8 Å². The highest BCUT2D eigenvalue weighted by atomic mass is 35.5. The molecule has 1 heterocycles. The maximum Gasteiger partial charge on any atom is 0.222 e. The molecule has 0 spiro atoms. The van der Waals surface area contributed by atoms with Crippen LogP contribution in [-0.2, 0) is 9.59 Å². The van der Waals surface area contributed by atoms with E-state index < -0.39 is 0 Å². The molecule has 6 heteroatoms. The fraction of sp³-hybridized carbons (Fsp3) is 0.677. The lowest BCUT2D eigenvalue weighted by molar-refractivity contribution is -0.131. The zero-order chi connectivity index (χ0) is 26.6. The molecule has 0 aromatic heterocycles. The third kappa shape index (κ3) is 9.44. The van der Waals surface area contributed by atoms with Crippen LogP contribution in [0.1, 0.15) is 89.5 Å². The zero-order valence-electron chi connectivity index (χ0n) is 23.0. The summed E-state index contributed by atoms with van der Waals surface area (Å²) in [5.74, 6) is 1.04. The third-order valence-electron chi connectivity index (χ3n) is 8.14. The van der Waals surface area contributed by atoms with Gasteiger partial charge in [-0.3, -0.25) is 9.59 Å². The normalized spacial score (nSPS) is 21.2. The summed E-state index contributed by atoms with van der Waals surface area (Å²) >= 11 is 6.18. The zero-order valence-corrected chi connectivity index (χ0v) is 23.7. The van der Waals surface area contributed by atoms with Crippen LogP contribution in [0.4, 0.5) is 5.69 Å². The summed E-state index contributed by atoms with van der Waals surface area (Å²) < 4.78 is 0. The highest BCUT2D eigenvalue weighted by Gasteiger charge is 2.32. The number of Topliss-reactive ketones (excluding diaryl/α,β-unsaturated/α-hetero) is 1. The van der Waals surface area contributed by atoms with Crippen molar-refractivity contribution in [1.29, 1.82) is 0 Å². The Morgan fingerprint density at radius 1 is 1.11 bits per heavy atom. The number of aliphatic hydroxyl groups is 1. The van der Waals surface area contributed by atoms with Gasteiger partial charge in [0.05, 0.1) is 6.10 Å². The number of nitrogens with zero attached hydrogens (tertiary/aromatic N) is 2. The summed E-state index contributed by atoms with van der Waals surface area (Å²) in [6, 6.07) is 5.99. The van der Waals surface area contributed by atoms with Gasteiger partial charge in [0.25, 0.3) is 0 Å². The van der Waals surface area contributed by atoms with Gasteiger partial charge in [-0.25, -0.2) is 0 Å². The maximum atomic E-state index is 12.7. The molecule has 5 nitrogen and oxygen atoms in total. The summed E-state index contributed by atoms with van der Waals surface area (Å²) in [7, 11) is 0. The van der Waals surface area contributed by atoms with Gasteiger partial charge in [0.2, 0.25) is 5.91 Å². The monoisotopic (exact) mass is 530 g/mol. The van der Waals surface area contributed by atoms with Crippen LogP contribution in [0.5, 0.6) is 0 Å². The van der Waals surface area contributed by atoms with E-state index in [0.717, 1.165) is 95.4 Å². The van der Waals surface area contributed by atoms with Crippen LogP contribution >= 0.6 is 11.6 Å². The lowest BCUT2D eigenvalue weighted by Crippen LogP contribution is -2.48. The predicted molar refractivity (Wildman–Crippen MR) is 153 cm³/mol. The number of ketones is 1. The summed E-state index contributed by atoms with van der Waals surface area (Å²) in [4.78, 5) is 29.5. The van der Waals surface area contributed by atoms with E-state index >= 15 is 0 Å². The molecular formula is C31H47ClN2O3. The fourth-order valence-electron chi connectivity index (χ4n) is 5.78. The van der Waals surface area contributed by atoms with E-state index in [4.69, 9.17) is 11.6 Å². The Hall–Kier alpha value is -1.85. The Balaban J connectivity index is 1.29. The summed E-state index contributed by atoms with van der Waals surface area (Å²) in [5, 5.41) is 10.9. The number of aliphatic hydroxyl groups excluding tert-OH is 1. The Kier molecular flexibility index (Phi) is 12.5. The number of amides is 1. The Morgan fingerprint density at radius 2 is 1.86 bits per heavy atom. The molecule has 37 heavy (non-hydrogen) atoms. The van der Waals surface area contributed by atoms with Crippen molar-refractivity contribution in [2.45, 2.75) is 97.0 Å². The number of carbonyl (C=O) groups excluding carboxylic acids is 2. The first kappa shape index (κ1) is 29.7. The highest BCUT2D eigenvalue weighted by Crippen LogP contribution is 2.34. The first-order valence-electron chi connectivity index (χ1n) is 14.6. The molecule has 2 aliphatic rings. The van der Waals surface area contributed by atoms with Crippen molar-refractivity contribution in [2.75, 3.05) is 31.1 Å². The van der Waals surface area contributed by atoms with Gasteiger partial charge in [-0.15, -0.1) is 0 Å². The molecule has 0 radical (unpaired) electrons. The van der Waals surface area contributed by atoms with Gasteiger partial charge < -0.3 is 14.9 Å². The van der Waals surface area contributed by atoms with Gasteiger partial charge in [-0.1, -0.05) is 75.3 Å². The molecule has 1 aliphatic carbocycles. The van der Waals surface area contributed by atoms with Crippen LogP contribution in [0.2, 0.25) is 5.02 Å². The van der Waals surface area contributed by atoms with E-state index in [0.29, 0.717) is 18.6 Å². The van der Waals surface area contributed by atoms with Gasteiger partial charge in [0, 0.05) is 55.6 Å². The van der Waals surface area contributed by atoms with Crippen molar-refractivity contribution in [3.8, 4) is 0 Å². The lowest BCUT2D eigenvalue weighted by Gasteiger charge is -2.37. The molecule has 1 aliphatic heterocycles. The van der Waals surface area contributed by atoms with E-state index in [-0.39, 0.29) is 23.8 Å². The van der Waals surface area contributed by atoms with Gasteiger partial charge in [0.1, 0.15) is 5.78 Å². The molecular weight excluding hydrogens is 484 g/mol. The minimum Gasteiger partial charge on any atom is -0.389 e. The Labute approximate surface area is 229 Å². The first-order chi connectivity index (χ1) is 17.9. The second kappa shape index (κ2) is 15.5. The summed E-state index contributed by atoms with van der Waals surface area (Å²) in [6.45, 7) is 7.47. The molecule has 3 atom stereocenters. The quantitative estimate of drug-likeness (QED) is 0.214. The number of hydrogen-bond donors (Lipinski definition) is 1. The standard InChI is InChI=1S/C31H47ClN2O3/c1-3-4-7-10-27(35)17-14-25-15-18-30(36)28(25)11-8-5-6-9-12-31(37)34-21-19-33(20-22-34)29-23-26(32)16-13-24(29)2/h13-14,16-17,23,25,27-28,35H,3-12,15,18-22H2,1-2H3/t25-,27+,28+/m0/s1. The van der Waals surface area contributed by atoms with Crippen molar-refractivity contribution in [3.05, 3.63) is 40.9 Å². The van der Waals surface area contributed by atoms with Crippen LogP contribution < -0.4 is 4.90 Å². The largest absolute Gasteiger partial charge is 0.389 e. The molecule has 1 saturated heterocycles. The van der Waals surface area contributed by atoms with Crippen molar-refractivity contribution in [3.63, 3.8) is 0 Å². The van der Waals surface area contributed by atoms with Gasteiger partial charge >= 0.3 is 0 Å². The fourth-order valence-corrected chi connectivity index (χ4v) is 5.95. The van der Waals surface area contributed by atoms with Gasteiger partial charge in [-0.2, -0.15) is 0 Å². The summed E-state index contributed by atoms with van der Waals surface area (Å²) in [6.07, 6.45) is 15.0. The highest BCUT2D eigenvalue weighted by molar-refractivity contribution is 6.30. The van der Waals surface area contributed by atoms with E-state index in [1.54, 1.807) is 0 Å². The average molecular weight is 531 g/mol. The van der Waals surface area contributed by atoms with E-state index in [9.17, 15) is 14.7 Å². The molecule has 0 unspecified atom stereocenters. The number of halogens is 1. The molecule has 0 bridgehead atoms. The topological polar surface area (TPSA) is 60.9 Å². The smallest absolute Gasteiger partial charge is 0.222 e. The minimum atomic E-state index is -0.385. The second-order valence-electron chi connectivity index (χ2n) is 11.0. The van der Waals surface area contributed by atoms with Gasteiger partial charge in [0.15, 0.2) is 0 Å². The average Bonchev–Trinajstić information content (AvgIpc) is 3.25. The summed E-state index contributed by atoms with van der Waals surface area (Å²) in [5.41, 5.74) is 2.38. The number of hydrogen-bond acceptors (Lipinski definition) is 4. The molecule has 1 N–H and O–H groups in total. The second-order valence-corrected chi connectivity index (χ2v) is 11.4. The lowest BCUT2D eigenvalue weighted by atomic mass is 9.89. The van der Waals surface area contributed by atoms with Crippen molar-refractivity contribution < 1.29 is 14.7 Å². The SMILES string of the molecule is CCCCC[C@@H](O)C=C[C@H]1CCC(=O)[C@@H]1CCCCCCC(=O)N1CCN(c2cc(Cl)ccc2C)CC1. The number of rotatable bonds is 14. The van der Waals surface area contributed by atoms with E-state index in [1.807, 2.05) is 23.1 Å². The molecule has 1 amide bonds. The van der Waals surface area contributed by atoms with Crippen LogP contribution in [0.15, 0.2) is 30.4 Å². The maximum absolute atomic E-state index is 12.7. The number of benzene rings is 1. The molecule has 3 rings (SSSR count). The minimum absolute atomic E-state index is 0.111. The Morgan fingerprint density at radius 3 is 2.62 bits per heavy atom. The van der Waals surface area contributed by atoms with Crippen LogP contribution in [-0.4, -0.2) is 54.0 Å². The molecule has 1 aromatic carbocycles. The predicted octanol–water partition coefficient (Wildman–Crippen LogP) is 6.73. The third-order valence-corrected chi connectivity index (χ3v) is 8.37. The van der Waals surface area contributed by atoms with Crippen molar-refractivity contribution in [1.82, 2.24) is 4.90 Å². The van der Waals surface area contributed by atoms with Crippen LogP contribution in [0.25, 0.3) is 0 Å². The Bertz CT molecular complexity index is 894. The number of unbranched alkanes of at least 4 members (excludes halogenated alkanes) is 5. The number of allylic oxidation sites excluding steroid dienone is 1. The number of piperazine rings is 1. The number of anilines is 1. The molecule has 1 saturated carbocycles. The van der Waals surface area contributed by atoms with Crippen LogP contribution in [0.3, 0.4) is 0 Å².